The monoisotopic (exact) mass is 248 g/mol. The average Bonchev–Trinajstić information content (AvgIpc) is 2.41. The van der Waals surface area contributed by atoms with E-state index in [1.165, 1.54) is 0 Å². The van der Waals surface area contributed by atoms with Gasteiger partial charge in [0.2, 0.25) is 0 Å². The van der Waals surface area contributed by atoms with Crippen molar-refractivity contribution in [1.82, 2.24) is 0 Å². The van der Waals surface area contributed by atoms with Gasteiger partial charge in [0.05, 0.1) is 0 Å². The predicted octanol–water partition coefficient (Wildman–Crippen LogP) is 2.67. The van der Waals surface area contributed by atoms with Crippen molar-refractivity contribution < 1.29 is 14.6 Å². The first-order valence-corrected chi connectivity index (χ1v) is 6.54. The number of hydrogen-bond donors (Lipinski definition) is 1. The lowest BCUT2D eigenvalue weighted by Gasteiger charge is -2.32. The van der Waals surface area contributed by atoms with Crippen molar-refractivity contribution in [1.29, 1.82) is 0 Å². The van der Waals surface area contributed by atoms with Gasteiger partial charge in [-0.1, -0.05) is 37.3 Å². The molecule has 3 nitrogen and oxygen atoms in total. The summed E-state index contributed by atoms with van der Waals surface area (Å²) in [6.07, 6.45) is 2.80. The van der Waals surface area contributed by atoms with Crippen LogP contribution in [-0.4, -0.2) is 16.7 Å². The number of hydrogen-bond acceptors (Lipinski definition) is 3. The van der Waals surface area contributed by atoms with Crippen molar-refractivity contribution in [3.8, 4) is 0 Å². The lowest BCUT2D eigenvalue weighted by atomic mass is 9.80. The molecule has 0 amide bonds. The van der Waals surface area contributed by atoms with Gasteiger partial charge in [-0.3, -0.25) is 0 Å². The Hall–Kier alpha value is -1.35. The summed E-state index contributed by atoms with van der Waals surface area (Å²) < 4.78 is 5.22. The van der Waals surface area contributed by atoms with E-state index in [1.807, 2.05) is 30.3 Å². The zero-order chi connectivity index (χ0) is 13.0. The van der Waals surface area contributed by atoms with Crippen LogP contribution in [0.25, 0.3) is 0 Å². The van der Waals surface area contributed by atoms with Gasteiger partial charge in [0, 0.05) is 0 Å². The van der Waals surface area contributed by atoms with Crippen LogP contribution in [0.5, 0.6) is 0 Å². The zero-order valence-corrected chi connectivity index (χ0v) is 10.8. The molecule has 1 saturated carbocycles. The van der Waals surface area contributed by atoms with Crippen LogP contribution < -0.4 is 0 Å². The highest BCUT2D eigenvalue weighted by atomic mass is 16.5. The molecular formula is C15H20O3. The van der Waals surface area contributed by atoms with Gasteiger partial charge in [0.1, 0.15) is 6.61 Å². The fraction of sp³-hybridized carbons (Fsp3) is 0.533. The third-order valence-corrected chi connectivity index (χ3v) is 3.69. The number of rotatable bonds is 3. The summed E-state index contributed by atoms with van der Waals surface area (Å²) in [5.74, 6) is 0.116. The second-order valence-corrected chi connectivity index (χ2v) is 5.28. The maximum absolute atomic E-state index is 11.9. The van der Waals surface area contributed by atoms with E-state index in [-0.39, 0.29) is 6.61 Å². The lowest BCUT2D eigenvalue weighted by molar-refractivity contribution is -0.171. The van der Waals surface area contributed by atoms with Crippen molar-refractivity contribution >= 4 is 5.97 Å². The fourth-order valence-electron chi connectivity index (χ4n) is 2.30. The Balaban J connectivity index is 1.88. The highest BCUT2D eigenvalue weighted by molar-refractivity contribution is 5.79. The van der Waals surface area contributed by atoms with E-state index < -0.39 is 11.6 Å². The molecule has 0 saturated heterocycles. The van der Waals surface area contributed by atoms with E-state index >= 15 is 0 Å². The maximum Gasteiger partial charge on any atom is 0.338 e. The number of esters is 1. The molecule has 0 spiro atoms. The van der Waals surface area contributed by atoms with Crippen LogP contribution in [0, 0.1) is 5.92 Å². The Morgan fingerprint density at radius 1 is 1.33 bits per heavy atom. The van der Waals surface area contributed by atoms with E-state index in [4.69, 9.17) is 4.74 Å². The normalized spacial score (nSPS) is 27.8. The molecule has 0 bridgehead atoms. The quantitative estimate of drug-likeness (QED) is 0.836. The summed E-state index contributed by atoms with van der Waals surface area (Å²) in [6, 6.07) is 9.53. The highest BCUT2D eigenvalue weighted by Gasteiger charge is 2.40. The third kappa shape index (κ3) is 3.10. The number of aliphatic hydroxyl groups is 1. The fourth-order valence-corrected chi connectivity index (χ4v) is 2.30. The Morgan fingerprint density at radius 2 is 1.94 bits per heavy atom. The van der Waals surface area contributed by atoms with Gasteiger partial charge >= 0.3 is 5.97 Å². The summed E-state index contributed by atoms with van der Waals surface area (Å²) >= 11 is 0. The zero-order valence-electron chi connectivity index (χ0n) is 10.8. The van der Waals surface area contributed by atoms with Crippen LogP contribution in [0.2, 0.25) is 0 Å². The standard InChI is InChI=1S/C15H20O3/c1-12-7-9-15(17,10-8-12)14(16)18-11-13-5-3-2-4-6-13/h2-6,12,17H,7-11H2,1H3. The summed E-state index contributed by atoms with van der Waals surface area (Å²) in [5, 5.41) is 10.3. The van der Waals surface area contributed by atoms with Crippen molar-refractivity contribution in [2.24, 2.45) is 5.92 Å². The lowest BCUT2D eigenvalue weighted by Crippen LogP contribution is -2.43. The van der Waals surface area contributed by atoms with Gasteiger partial charge in [0.25, 0.3) is 0 Å². The second kappa shape index (κ2) is 5.53. The molecule has 1 aliphatic carbocycles. The number of carbonyl (C=O) groups excluding carboxylic acids is 1. The Bertz CT molecular complexity index is 391. The average molecular weight is 248 g/mol. The molecule has 0 heterocycles. The van der Waals surface area contributed by atoms with Crippen LogP contribution in [0.1, 0.15) is 38.2 Å². The van der Waals surface area contributed by atoms with Crippen LogP contribution in [0.3, 0.4) is 0 Å². The molecule has 1 N–H and O–H groups in total. The van der Waals surface area contributed by atoms with E-state index in [1.54, 1.807) is 0 Å². The van der Waals surface area contributed by atoms with Crippen LogP contribution in [0.4, 0.5) is 0 Å². The van der Waals surface area contributed by atoms with E-state index in [2.05, 4.69) is 6.92 Å². The molecule has 2 rings (SSSR count). The summed E-state index contributed by atoms with van der Waals surface area (Å²) in [4.78, 5) is 11.9. The summed E-state index contributed by atoms with van der Waals surface area (Å²) in [6.45, 7) is 2.38. The molecule has 0 radical (unpaired) electrons. The first kappa shape index (κ1) is 13.1. The molecule has 0 atom stereocenters. The molecular weight excluding hydrogens is 228 g/mol. The predicted molar refractivity (Wildman–Crippen MR) is 68.8 cm³/mol. The van der Waals surface area contributed by atoms with Crippen molar-refractivity contribution in [3.63, 3.8) is 0 Å². The molecule has 1 aromatic carbocycles. The molecule has 0 unspecified atom stereocenters. The summed E-state index contributed by atoms with van der Waals surface area (Å²) in [5.41, 5.74) is -0.319. The topological polar surface area (TPSA) is 46.5 Å². The number of benzene rings is 1. The molecule has 1 aliphatic rings. The van der Waals surface area contributed by atoms with E-state index in [0.29, 0.717) is 18.8 Å². The van der Waals surface area contributed by atoms with Crippen LogP contribution in [-0.2, 0) is 16.1 Å². The first-order chi connectivity index (χ1) is 8.60. The van der Waals surface area contributed by atoms with Gasteiger partial charge in [-0.2, -0.15) is 0 Å². The minimum Gasteiger partial charge on any atom is -0.459 e. The molecule has 0 aromatic heterocycles. The van der Waals surface area contributed by atoms with Gasteiger partial charge < -0.3 is 9.84 Å². The van der Waals surface area contributed by atoms with E-state index in [9.17, 15) is 9.90 Å². The molecule has 1 fully saturated rings. The highest BCUT2D eigenvalue weighted by Crippen LogP contribution is 2.32. The first-order valence-electron chi connectivity index (χ1n) is 6.54. The molecule has 98 valence electrons. The van der Waals surface area contributed by atoms with Crippen molar-refractivity contribution in [3.05, 3.63) is 35.9 Å². The molecule has 18 heavy (non-hydrogen) atoms. The number of carbonyl (C=O) groups is 1. The van der Waals surface area contributed by atoms with Crippen molar-refractivity contribution in [2.75, 3.05) is 0 Å². The largest absolute Gasteiger partial charge is 0.459 e. The Kier molecular flexibility index (Phi) is 4.02. The third-order valence-electron chi connectivity index (χ3n) is 3.69. The van der Waals surface area contributed by atoms with E-state index in [0.717, 1.165) is 18.4 Å². The van der Waals surface area contributed by atoms with Crippen molar-refractivity contribution in [2.45, 2.75) is 44.8 Å². The molecule has 0 aliphatic heterocycles. The Labute approximate surface area is 108 Å². The van der Waals surface area contributed by atoms with Gasteiger partial charge in [-0.15, -0.1) is 0 Å². The molecule has 3 heteroatoms. The smallest absolute Gasteiger partial charge is 0.338 e. The van der Waals surface area contributed by atoms with Gasteiger partial charge in [-0.05, 0) is 37.2 Å². The number of ether oxygens (including phenoxy) is 1. The SMILES string of the molecule is CC1CCC(O)(C(=O)OCc2ccccc2)CC1. The minimum atomic E-state index is -1.26. The van der Waals surface area contributed by atoms with Crippen LogP contribution >= 0.6 is 0 Å². The maximum atomic E-state index is 11.9. The second-order valence-electron chi connectivity index (χ2n) is 5.28. The Morgan fingerprint density at radius 3 is 2.56 bits per heavy atom. The minimum absolute atomic E-state index is 0.234. The van der Waals surface area contributed by atoms with Gasteiger partial charge in [-0.25, -0.2) is 4.79 Å². The molecule has 1 aromatic rings. The van der Waals surface area contributed by atoms with Gasteiger partial charge in [0.15, 0.2) is 5.60 Å². The summed E-state index contributed by atoms with van der Waals surface area (Å²) in [7, 11) is 0. The van der Waals surface area contributed by atoms with Crippen LogP contribution in [0.15, 0.2) is 30.3 Å².